The minimum Gasteiger partial charge on any atom is -0.349 e. The number of aromatic amines is 1. The fourth-order valence-electron chi connectivity index (χ4n) is 3.40. The van der Waals surface area contributed by atoms with Crippen LogP contribution in [0.4, 0.5) is 0 Å². The fraction of sp³-hybridized carbons (Fsp3) is 0.444. The van der Waals surface area contributed by atoms with Crippen molar-refractivity contribution in [2.75, 3.05) is 6.54 Å². The predicted octanol–water partition coefficient (Wildman–Crippen LogP) is 1.91. The van der Waals surface area contributed by atoms with E-state index in [1.807, 2.05) is 0 Å². The van der Waals surface area contributed by atoms with E-state index in [4.69, 9.17) is 5.73 Å². The lowest BCUT2D eigenvalue weighted by molar-refractivity contribution is -0.122. The Kier molecular flexibility index (Phi) is 8.40. The van der Waals surface area contributed by atoms with Gasteiger partial charge in [-0.3, -0.25) is 14.6 Å². The number of carbonyl (C=O) groups is 1. The second-order valence-electron chi connectivity index (χ2n) is 6.63. The molecule has 2 heterocycles. The Morgan fingerprint density at radius 1 is 1.26 bits per heavy atom. The van der Waals surface area contributed by atoms with Gasteiger partial charge in [0.15, 0.2) is 0 Å². The van der Waals surface area contributed by atoms with Gasteiger partial charge < -0.3 is 16.0 Å². The SMILES string of the molecule is Cc1nc(-c2ccncc2)[nH]c(=O)c1CC(=O)NC1(CN)CCCC1.Cl.Cl. The van der Waals surface area contributed by atoms with E-state index in [1.54, 1.807) is 31.5 Å². The maximum atomic E-state index is 12.4. The molecule has 7 nitrogen and oxygen atoms in total. The zero-order valence-corrected chi connectivity index (χ0v) is 16.8. The molecule has 0 radical (unpaired) electrons. The van der Waals surface area contributed by atoms with Gasteiger partial charge in [-0.15, -0.1) is 24.8 Å². The lowest BCUT2D eigenvalue weighted by Gasteiger charge is -2.28. The van der Waals surface area contributed by atoms with Gasteiger partial charge in [-0.1, -0.05) is 12.8 Å². The van der Waals surface area contributed by atoms with Crippen LogP contribution in [-0.2, 0) is 11.2 Å². The summed E-state index contributed by atoms with van der Waals surface area (Å²) < 4.78 is 0. The monoisotopic (exact) mass is 413 g/mol. The molecule has 1 aliphatic carbocycles. The van der Waals surface area contributed by atoms with Crippen LogP contribution in [0.1, 0.15) is 36.9 Å². The molecule has 9 heteroatoms. The summed E-state index contributed by atoms with van der Waals surface area (Å²) in [4.78, 5) is 36.0. The van der Waals surface area contributed by atoms with Crippen LogP contribution in [0.2, 0.25) is 0 Å². The van der Waals surface area contributed by atoms with Crippen LogP contribution in [0.25, 0.3) is 11.4 Å². The zero-order chi connectivity index (χ0) is 17.9. The van der Waals surface area contributed by atoms with Crippen molar-refractivity contribution in [2.24, 2.45) is 5.73 Å². The Morgan fingerprint density at radius 3 is 2.44 bits per heavy atom. The van der Waals surface area contributed by atoms with Gasteiger partial charge in [-0.25, -0.2) is 4.98 Å². The molecule has 4 N–H and O–H groups in total. The minimum absolute atomic E-state index is 0. The van der Waals surface area contributed by atoms with Crippen LogP contribution in [0.3, 0.4) is 0 Å². The average Bonchev–Trinajstić information content (AvgIpc) is 3.07. The van der Waals surface area contributed by atoms with Gasteiger partial charge in [0.1, 0.15) is 5.82 Å². The van der Waals surface area contributed by atoms with Crippen molar-refractivity contribution in [1.29, 1.82) is 0 Å². The van der Waals surface area contributed by atoms with Crippen molar-refractivity contribution in [3.8, 4) is 11.4 Å². The summed E-state index contributed by atoms with van der Waals surface area (Å²) in [6.45, 7) is 2.17. The molecular formula is C18H25Cl2N5O2. The first-order chi connectivity index (χ1) is 12.0. The first-order valence-corrected chi connectivity index (χ1v) is 8.54. The number of nitrogens with zero attached hydrogens (tertiary/aromatic N) is 2. The van der Waals surface area contributed by atoms with Crippen LogP contribution in [0.5, 0.6) is 0 Å². The Morgan fingerprint density at radius 2 is 1.89 bits per heavy atom. The lowest BCUT2D eigenvalue weighted by atomic mass is 9.97. The molecule has 0 saturated heterocycles. The lowest BCUT2D eigenvalue weighted by Crippen LogP contribution is -2.52. The maximum absolute atomic E-state index is 12.4. The molecule has 3 rings (SSSR count). The number of hydrogen-bond donors (Lipinski definition) is 3. The Hall–Kier alpha value is -1.96. The van der Waals surface area contributed by atoms with Crippen LogP contribution in [0.15, 0.2) is 29.3 Å². The smallest absolute Gasteiger partial charge is 0.255 e. The van der Waals surface area contributed by atoms with Gasteiger partial charge >= 0.3 is 0 Å². The van der Waals surface area contributed by atoms with Crippen LogP contribution < -0.4 is 16.6 Å². The molecule has 0 bridgehead atoms. The molecule has 0 aromatic carbocycles. The number of rotatable bonds is 5. The molecule has 0 spiro atoms. The van der Waals surface area contributed by atoms with E-state index in [2.05, 4.69) is 20.3 Å². The van der Waals surface area contributed by atoms with Crippen molar-refractivity contribution >= 4 is 30.7 Å². The zero-order valence-electron chi connectivity index (χ0n) is 15.2. The van der Waals surface area contributed by atoms with Crippen LogP contribution >= 0.6 is 24.8 Å². The van der Waals surface area contributed by atoms with Crippen molar-refractivity contribution in [2.45, 2.75) is 44.6 Å². The third-order valence-corrected chi connectivity index (χ3v) is 4.87. The topological polar surface area (TPSA) is 114 Å². The highest BCUT2D eigenvalue weighted by Crippen LogP contribution is 2.28. The van der Waals surface area contributed by atoms with Gasteiger partial charge in [-0.05, 0) is 31.9 Å². The Bertz CT molecular complexity index is 820. The minimum atomic E-state index is -0.317. The first-order valence-electron chi connectivity index (χ1n) is 8.54. The van der Waals surface area contributed by atoms with Gasteiger partial charge in [0.05, 0.1) is 12.0 Å². The number of amides is 1. The first kappa shape index (κ1) is 23.1. The van der Waals surface area contributed by atoms with E-state index in [0.717, 1.165) is 31.2 Å². The van der Waals surface area contributed by atoms with Gasteiger partial charge in [-0.2, -0.15) is 0 Å². The summed E-state index contributed by atoms with van der Waals surface area (Å²) >= 11 is 0. The molecule has 1 amide bonds. The van der Waals surface area contributed by atoms with E-state index in [-0.39, 0.29) is 48.2 Å². The highest BCUT2D eigenvalue weighted by molar-refractivity contribution is 5.85. The molecular weight excluding hydrogens is 389 g/mol. The summed E-state index contributed by atoms with van der Waals surface area (Å²) in [6.07, 6.45) is 7.21. The predicted molar refractivity (Wildman–Crippen MR) is 109 cm³/mol. The van der Waals surface area contributed by atoms with E-state index >= 15 is 0 Å². The number of hydrogen-bond acceptors (Lipinski definition) is 5. The second kappa shape index (κ2) is 9.82. The molecule has 148 valence electrons. The van der Waals surface area contributed by atoms with Crippen LogP contribution in [-0.4, -0.2) is 32.9 Å². The van der Waals surface area contributed by atoms with Crippen molar-refractivity contribution in [3.05, 3.63) is 46.1 Å². The molecule has 2 aromatic heterocycles. The number of aryl methyl sites for hydroxylation is 1. The molecule has 0 aliphatic heterocycles. The molecule has 0 unspecified atom stereocenters. The molecule has 1 saturated carbocycles. The van der Waals surface area contributed by atoms with Crippen molar-refractivity contribution < 1.29 is 4.79 Å². The molecule has 2 aromatic rings. The third kappa shape index (κ3) is 5.28. The average molecular weight is 414 g/mol. The number of aromatic nitrogens is 3. The number of nitrogens with one attached hydrogen (secondary N) is 2. The summed E-state index contributed by atoms with van der Waals surface area (Å²) in [5, 5.41) is 3.04. The number of H-pyrrole nitrogens is 1. The van der Waals surface area contributed by atoms with E-state index in [0.29, 0.717) is 23.6 Å². The van der Waals surface area contributed by atoms with Crippen molar-refractivity contribution in [1.82, 2.24) is 20.3 Å². The molecule has 1 fully saturated rings. The maximum Gasteiger partial charge on any atom is 0.255 e. The third-order valence-electron chi connectivity index (χ3n) is 4.87. The second-order valence-corrected chi connectivity index (χ2v) is 6.63. The summed E-state index contributed by atoms with van der Waals surface area (Å²) in [7, 11) is 0. The van der Waals surface area contributed by atoms with E-state index in [9.17, 15) is 9.59 Å². The summed E-state index contributed by atoms with van der Waals surface area (Å²) in [5.41, 5.74) is 6.97. The highest BCUT2D eigenvalue weighted by Gasteiger charge is 2.34. The number of pyridine rings is 1. The number of carbonyl (C=O) groups excluding carboxylic acids is 1. The quantitative estimate of drug-likeness (QED) is 0.692. The van der Waals surface area contributed by atoms with Gasteiger partial charge in [0, 0.05) is 35.8 Å². The number of nitrogens with two attached hydrogens (primary N) is 1. The summed E-state index contributed by atoms with van der Waals surface area (Å²) in [5.74, 6) is 0.294. The summed E-state index contributed by atoms with van der Waals surface area (Å²) in [6, 6.07) is 3.55. The normalized spacial score (nSPS) is 14.7. The van der Waals surface area contributed by atoms with E-state index < -0.39 is 0 Å². The highest BCUT2D eigenvalue weighted by atomic mass is 35.5. The molecule has 1 aliphatic rings. The van der Waals surface area contributed by atoms with Crippen LogP contribution in [0, 0.1) is 6.92 Å². The largest absolute Gasteiger partial charge is 0.349 e. The van der Waals surface area contributed by atoms with Crippen molar-refractivity contribution in [3.63, 3.8) is 0 Å². The van der Waals surface area contributed by atoms with Gasteiger partial charge in [0.2, 0.25) is 5.91 Å². The van der Waals surface area contributed by atoms with Gasteiger partial charge in [0.25, 0.3) is 5.56 Å². The molecule has 0 atom stereocenters. The molecule has 27 heavy (non-hydrogen) atoms. The van der Waals surface area contributed by atoms with E-state index in [1.165, 1.54) is 0 Å². The fourth-order valence-corrected chi connectivity index (χ4v) is 3.40. The Balaban J connectivity index is 0.00000182. The number of halogens is 2. The Labute approximate surface area is 170 Å². The standard InChI is InChI=1S/C18H23N5O2.2ClH/c1-12-14(10-15(24)23-18(11-19)6-2-3-7-18)17(25)22-16(21-12)13-4-8-20-9-5-13;;/h4-5,8-9H,2-3,6-7,10-11,19H2,1H3,(H,23,24)(H,21,22,25);2*1H.